The first kappa shape index (κ1) is 14.0. The summed E-state index contributed by atoms with van der Waals surface area (Å²) in [6.45, 7) is 5.07. The van der Waals surface area contributed by atoms with Crippen LogP contribution in [0.5, 0.6) is 0 Å². The van der Waals surface area contributed by atoms with Crippen LogP contribution in [0.15, 0.2) is 28.2 Å². The summed E-state index contributed by atoms with van der Waals surface area (Å²) >= 11 is 1.66. The van der Waals surface area contributed by atoms with Gasteiger partial charge in [0.15, 0.2) is 5.76 Å². The van der Waals surface area contributed by atoms with Gasteiger partial charge in [-0.2, -0.15) is 0 Å². The minimum Gasteiger partial charge on any atom is -0.461 e. The van der Waals surface area contributed by atoms with Gasteiger partial charge in [0.2, 0.25) is 5.82 Å². The highest BCUT2D eigenvalue weighted by Crippen LogP contribution is 2.19. The van der Waals surface area contributed by atoms with Crippen molar-refractivity contribution >= 4 is 11.3 Å². The minimum atomic E-state index is 0.651. The largest absolute Gasteiger partial charge is 0.461 e. The summed E-state index contributed by atoms with van der Waals surface area (Å²) in [7, 11) is 0. The van der Waals surface area contributed by atoms with Gasteiger partial charge in [0.25, 0.3) is 0 Å². The summed E-state index contributed by atoms with van der Waals surface area (Å²) in [4.78, 5) is 9.15. The van der Waals surface area contributed by atoms with Crippen molar-refractivity contribution in [2.45, 2.75) is 39.7 Å². The molecule has 3 rings (SSSR count). The van der Waals surface area contributed by atoms with E-state index in [2.05, 4.69) is 27.4 Å². The maximum Gasteiger partial charge on any atom is 0.217 e. The molecule has 6 heteroatoms. The third-order valence-electron chi connectivity index (χ3n) is 3.22. The number of unbranched alkanes of at least 4 members (excludes halogenated alkanes) is 1. The molecule has 0 saturated carbocycles. The van der Waals surface area contributed by atoms with Gasteiger partial charge in [0, 0.05) is 11.9 Å². The smallest absolute Gasteiger partial charge is 0.217 e. The highest BCUT2D eigenvalue weighted by molar-refractivity contribution is 7.09. The molecule has 0 N–H and O–H groups in total. The minimum absolute atomic E-state index is 0.651. The average Bonchev–Trinajstić information content (AvgIpc) is 3.18. The molecule has 5 nitrogen and oxygen atoms in total. The topological polar surface area (TPSA) is 56.7 Å². The molecule has 3 heterocycles. The zero-order valence-corrected chi connectivity index (χ0v) is 13.1. The Bertz CT molecular complexity index is 699. The SMILES string of the molecule is CCCCn1nc(-c2ccco2)nc1Cc1csc(C)n1. The van der Waals surface area contributed by atoms with E-state index in [1.165, 1.54) is 0 Å². The van der Waals surface area contributed by atoms with Crippen molar-refractivity contribution < 1.29 is 4.42 Å². The molecular weight excluding hydrogens is 284 g/mol. The van der Waals surface area contributed by atoms with Crippen molar-refractivity contribution in [2.24, 2.45) is 0 Å². The summed E-state index contributed by atoms with van der Waals surface area (Å²) in [6.07, 6.45) is 4.57. The van der Waals surface area contributed by atoms with E-state index in [1.54, 1.807) is 17.6 Å². The lowest BCUT2D eigenvalue weighted by Gasteiger charge is -2.03. The molecule has 0 saturated heterocycles. The summed E-state index contributed by atoms with van der Waals surface area (Å²) in [6, 6.07) is 3.74. The Kier molecular flexibility index (Phi) is 4.15. The Balaban J connectivity index is 1.89. The third kappa shape index (κ3) is 3.21. The fourth-order valence-corrected chi connectivity index (χ4v) is 2.77. The lowest BCUT2D eigenvalue weighted by atomic mass is 10.3. The highest BCUT2D eigenvalue weighted by Gasteiger charge is 2.14. The number of furan rings is 1. The van der Waals surface area contributed by atoms with E-state index in [1.807, 2.05) is 23.7 Å². The Morgan fingerprint density at radius 2 is 2.24 bits per heavy atom. The second-order valence-corrected chi connectivity index (χ2v) is 6.00. The molecule has 21 heavy (non-hydrogen) atoms. The van der Waals surface area contributed by atoms with Crippen LogP contribution < -0.4 is 0 Å². The Labute approximate surface area is 127 Å². The molecule has 0 spiro atoms. The average molecular weight is 302 g/mol. The molecule has 0 amide bonds. The number of hydrogen-bond donors (Lipinski definition) is 0. The van der Waals surface area contributed by atoms with E-state index >= 15 is 0 Å². The predicted molar refractivity (Wildman–Crippen MR) is 82.3 cm³/mol. The van der Waals surface area contributed by atoms with E-state index < -0.39 is 0 Å². The van der Waals surface area contributed by atoms with Crippen molar-refractivity contribution in [1.82, 2.24) is 19.7 Å². The van der Waals surface area contributed by atoms with Crippen LogP contribution in [-0.2, 0) is 13.0 Å². The number of thiazole rings is 1. The normalized spacial score (nSPS) is 11.1. The first-order valence-corrected chi connectivity index (χ1v) is 8.03. The molecular formula is C15H18N4OS. The fourth-order valence-electron chi connectivity index (χ4n) is 2.15. The van der Waals surface area contributed by atoms with Crippen LogP contribution in [0.1, 0.15) is 36.3 Å². The number of aromatic nitrogens is 4. The Morgan fingerprint density at radius 1 is 1.33 bits per heavy atom. The van der Waals surface area contributed by atoms with Gasteiger partial charge in [0.1, 0.15) is 5.82 Å². The molecule has 0 aromatic carbocycles. The van der Waals surface area contributed by atoms with Crippen LogP contribution in [0.2, 0.25) is 0 Å². The van der Waals surface area contributed by atoms with Crippen molar-refractivity contribution in [3.8, 4) is 11.6 Å². The van der Waals surface area contributed by atoms with Crippen LogP contribution in [0.4, 0.5) is 0 Å². The summed E-state index contributed by atoms with van der Waals surface area (Å²) < 4.78 is 7.38. The van der Waals surface area contributed by atoms with Crippen molar-refractivity contribution in [1.29, 1.82) is 0 Å². The summed E-state index contributed by atoms with van der Waals surface area (Å²) in [5, 5.41) is 7.74. The molecule has 0 radical (unpaired) electrons. The quantitative estimate of drug-likeness (QED) is 0.696. The maximum absolute atomic E-state index is 5.39. The fraction of sp³-hybridized carbons (Fsp3) is 0.400. The van der Waals surface area contributed by atoms with Crippen LogP contribution >= 0.6 is 11.3 Å². The molecule has 0 aliphatic carbocycles. The second kappa shape index (κ2) is 6.22. The first-order valence-electron chi connectivity index (χ1n) is 7.15. The van der Waals surface area contributed by atoms with E-state index in [0.717, 1.165) is 35.9 Å². The lowest BCUT2D eigenvalue weighted by molar-refractivity contribution is 0.544. The van der Waals surface area contributed by atoms with Gasteiger partial charge >= 0.3 is 0 Å². The molecule has 3 aromatic heterocycles. The number of nitrogens with zero attached hydrogens (tertiary/aromatic N) is 4. The van der Waals surface area contributed by atoms with Gasteiger partial charge in [0.05, 0.1) is 23.4 Å². The van der Waals surface area contributed by atoms with E-state index in [4.69, 9.17) is 4.42 Å². The third-order valence-corrected chi connectivity index (χ3v) is 4.04. The molecule has 0 bridgehead atoms. The molecule has 0 fully saturated rings. The van der Waals surface area contributed by atoms with Gasteiger partial charge < -0.3 is 4.42 Å². The standard InChI is InChI=1S/C15H18N4OS/c1-3-4-7-19-14(9-12-10-21-11(2)16-12)17-15(18-19)13-6-5-8-20-13/h5-6,8,10H,3-4,7,9H2,1-2H3. The zero-order valence-electron chi connectivity index (χ0n) is 12.2. The number of hydrogen-bond acceptors (Lipinski definition) is 5. The monoisotopic (exact) mass is 302 g/mol. The second-order valence-electron chi connectivity index (χ2n) is 4.94. The number of aryl methyl sites for hydroxylation is 2. The van der Waals surface area contributed by atoms with Crippen LogP contribution in [-0.4, -0.2) is 19.7 Å². The summed E-state index contributed by atoms with van der Waals surface area (Å²) in [5.74, 6) is 2.30. The summed E-state index contributed by atoms with van der Waals surface area (Å²) in [5.41, 5.74) is 1.05. The molecule has 0 unspecified atom stereocenters. The molecule has 0 aliphatic heterocycles. The molecule has 0 aliphatic rings. The van der Waals surface area contributed by atoms with Crippen LogP contribution in [0, 0.1) is 6.92 Å². The lowest BCUT2D eigenvalue weighted by Crippen LogP contribution is -2.06. The number of rotatable bonds is 6. The first-order chi connectivity index (χ1) is 10.3. The molecule has 0 atom stereocenters. The van der Waals surface area contributed by atoms with Gasteiger partial charge in [-0.05, 0) is 25.5 Å². The van der Waals surface area contributed by atoms with Crippen molar-refractivity contribution in [3.63, 3.8) is 0 Å². The van der Waals surface area contributed by atoms with E-state index in [9.17, 15) is 0 Å². The van der Waals surface area contributed by atoms with E-state index in [0.29, 0.717) is 18.0 Å². The van der Waals surface area contributed by atoms with Crippen molar-refractivity contribution in [3.05, 3.63) is 40.3 Å². The van der Waals surface area contributed by atoms with Gasteiger partial charge in [-0.25, -0.2) is 14.6 Å². The maximum atomic E-state index is 5.39. The Morgan fingerprint density at radius 3 is 2.90 bits per heavy atom. The van der Waals surface area contributed by atoms with Gasteiger partial charge in [-0.15, -0.1) is 16.4 Å². The van der Waals surface area contributed by atoms with E-state index in [-0.39, 0.29) is 0 Å². The van der Waals surface area contributed by atoms with Crippen molar-refractivity contribution in [2.75, 3.05) is 0 Å². The highest BCUT2D eigenvalue weighted by atomic mass is 32.1. The van der Waals surface area contributed by atoms with Gasteiger partial charge in [-0.3, -0.25) is 0 Å². The van der Waals surface area contributed by atoms with Gasteiger partial charge in [-0.1, -0.05) is 13.3 Å². The molecule has 110 valence electrons. The predicted octanol–water partition coefficient (Wildman–Crippen LogP) is 3.69. The molecule has 3 aromatic rings. The Hall–Kier alpha value is -1.95. The zero-order chi connectivity index (χ0) is 14.7. The van der Waals surface area contributed by atoms with Crippen LogP contribution in [0.25, 0.3) is 11.6 Å². The van der Waals surface area contributed by atoms with Crippen LogP contribution in [0.3, 0.4) is 0 Å².